The fourth-order valence-corrected chi connectivity index (χ4v) is 2.39. The minimum atomic E-state index is -0.0564. The van der Waals surface area contributed by atoms with Crippen LogP contribution in [-0.2, 0) is 0 Å². The molecule has 1 fully saturated rings. The molecule has 0 saturated carbocycles. The Bertz CT molecular complexity index is 557. The summed E-state index contributed by atoms with van der Waals surface area (Å²) in [6, 6.07) is 11.2. The SMILES string of the molecule is O=C(c1ccco1)c1ccccc1N1CCNCC1. The molecule has 4 heteroatoms. The van der Waals surface area contributed by atoms with Gasteiger partial charge >= 0.3 is 0 Å². The smallest absolute Gasteiger partial charge is 0.230 e. The number of carbonyl (C=O) groups is 1. The average Bonchev–Trinajstić information content (AvgIpc) is 3.02. The summed E-state index contributed by atoms with van der Waals surface area (Å²) in [5.74, 6) is 0.335. The lowest BCUT2D eigenvalue weighted by Crippen LogP contribution is -2.44. The summed E-state index contributed by atoms with van der Waals surface area (Å²) in [5.41, 5.74) is 1.70. The molecule has 1 aliphatic heterocycles. The van der Waals surface area contributed by atoms with Crippen molar-refractivity contribution < 1.29 is 9.21 Å². The quantitative estimate of drug-likeness (QED) is 0.852. The first kappa shape index (κ1) is 12.0. The first-order valence-electron chi connectivity index (χ1n) is 6.49. The largest absolute Gasteiger partial charge is 0.461 e. The van der Waals surface area contributed by atoms with Crippen molar-refractivity contribution in [2.75, 3.05) is 31.1 Å². The van der Waals surface area contributed by atoms with Crippen molar-refractivity contribution in [3.8, 4) is 0 Å². The monoisotopic (exact) mass is 256 g/mol. The van der Waals surface area contributed by atoms with E-state index in [2.05, 4.69) is 10.2 Å². The number of nitrogens with zero attached hydrogens (tertiary/aromatic N) is 1. The van der Waals surface area contributed by atoms with Crippen LogP contribution < -0.4 is 10.2 Å². The van der Waals surface area contributed by atoms with Gasteiger partial charge in [-0.15, -0.1) is 0 Å². The Labute approximate surface area is 112 Å². The number of hydrogen-bond donors (Lipinski definition) is 1. The second-order valence-corrected chi connectivity index (χ2v) is 4.56. The van der Waals surface area contributed by atoms with Crippen LogP contribution in [0, 0.1) is 0 Å². The predicted octanol–water partition coefficient (Wildman–Crippen LogP) is 1.92. The van der Waals surface area contributed by atoms with Gasteiger partial charge in [0, 0.05) is 37.4 Å². The Morgan fingerprint density at radius 3 is 2.63 bits per heavy atom. The molecule has 0 amide bonds. The van der Waals surface area contributed by atoms with Crippen molar-refractivity contribution in [2.45, 2.75) is 0 Å². The number of piperazine rings is 1. The van der Waals surface area contributed by atoms with Gasteiger partial charge < -0.3 is 14.6 Å². The highest BCUT2D eigenvalue weighted by Crippen LogP contribution is 2.23. The molecular formula is C15H16N2O2. The highest BCUT2D eigenvalue weighted by Gasteiger charge is 2.20. The normalized spacial score (nSPS) is 15.5. The third kappa shape index (κ3) is 2.39. The van der Waals surface area contributed by atoms with Crippen LogP contribution in [0.5, 0.6) is 0 Å². The van der Waals surface area contributed by atoms with E-state index in [0.29, 0.717) is 11.3 Å². The van der Waals surface area contributed by atoms with Crippen LogP contribution in [0.2, 0.25) is 0 Å². The zero-order chi connectivity index (χ0) is 13.1. The van der Waals surface area contributed by atoms with Crippen molar-refractivity contribution in [1.82, 2.24) is 5.32 Å². The van der Waals surface area contributed by atoms with E-state index in [4.69, 9.17) is 4.42 Å². The average molecular weight is 256 g/mol. The third-order valence-electron chi connectivity index (χ3n) is 3.35. The summed E-state index contributed by atoms with van der Waals surface area (Å²) in [5, 5.41) is 3.32. The number of para-hydroxylation sites is 1. The molecule has 0 unspecified atom stereocenters. The number of anilines is 1. The fraction of sp³-hybridized carbons (Fsp3) is 0.267. The van der Waals surface area contributed by atoms with E-state index in [-0.39, 0.29) is 5.78 Å². The molecule has 1 N–H and O–H groups in total. The van der Waals surface area contributed by atoms with Crippen LogP contribution in [0.4, 0.5) is 5.69 Å². The maximum absolute atomic E-state index is 12.4. The molecule has 1 aliphatic rings. The molecule has 19 heavy (non-hydrogen) atoms. The predicted molar refractivity (Wildman–Crippen MR) is 73.7 cm³/mol. The van der Waals surface area contributed by atoms with Gasteiger partial charge in [-0.2, -0.15) is 0 Å². The Kier molecular flexibility index (Phi) is 3.33. The summed E-state index contributed by atoms with van der Waals surface area (Å²) in [7, 11) is 0. The lowest BCUT2D eigenvalue weighted by Gasteiger charge is -2.30. The molecule has 1 saturated heterocycles. The summed E-state index contributed by atoms with van der Waals surface area (Å²) in [6.07, 6.45) is 1.53. The number of hydrogen-bond acceptors (Lipinski definition) is 4. The van der Waals surface area contributed by atoms with Crippen molar-refractivity contribution in [2.24, 2.45) is 0 Å². The number of rotatable bonds is 3. The fourth-order valence-electron chi connectivity index (χ4n) is 2.39. The van der Waals surface area contributed by atoms with Gasteiger partial charge in [-0.1, -0.05) is 12.1 Å². The van der Waals surface area contributed by atoms with Gasteiger partial charge in [-0.3, -0.25) is 4.79 Å². The van der Waals surface area contributed by atoms with E-state index in [1.165, 1.54) is 6.26 Å². The van der Waals surface area contributed by atoms with Crippen molar-refractivity contribution in [3.63, 3.8) is 0 Å². The Morgan fingerprint density at radius 1 is 1.11 bits per heavy atom. The lowest BCUT2D eigenvalue weighted by atomic mass is 10.1. The van der Waals surface area contributed by atoms with E-state index in [9.17, 15) is 4.79 Å². The number of ketones is 1. The van der Waals surface area contributed by atoms with E-state index < -0.39 is 0 Å². The zero-order valence-electron chi connectivity index (χ0n) is 10.6. The molecule has 0 aliphatic carbocycles. The summed E-state index contributed by atoms with van der Waals surface area (Å²) >= 11 is 0. The molecule has 3 rings (SSSR count). The maximum atomic E-state index is 12.4. The molecular weight excluding hydrogens is 240 g/mol. The van der Waals surface area contributed by atoms with E-state index in [1.54, 1.807) is 12.1 Å². The standard InChI is InChI=1S/C15H16N2O2/c18-15(14-6-3-11-19-14)12-4-1-2-5-13(12)17-9-7-16-8-10-17/h1-6,11,16H,7-10H2. The molecule has 2 heterocycles. The minimum Gasteiger partial charge on any atom is -0.461 e. The van der Waals surface area contributed by atoms with Gasteiger partial charge in [0.25, 0.3) is 0 Å². The molecule has 0 radical (unpaired) electrons. The molecule has 0 bridgehead atoms. The van der Waals surface area contributed by atoms with E-state index in [0.717, 1.165) is 31.9 Å². The first-order valence-corrected chi connectivity index (χ1v) is 6.49. The van der Waals surface area contributed by atoms with Crippen LogP contribution in [0.3, 0.4) is 0 Å². The van der Waals surface area contributed by atoms with Gasteiger partial charge in [0.2, 0.25) is 5.78 Å². The van der Waals surface area contributed by atoms with Gasteiger partial charge in [0.15, 0.2) is 5.76 Å². The molecule has 0 atom stereocenters. The van der Waals surface area contributed by atoms with Gasteiger partial charge in [0.05, 0.1) is 6.26 Å². The number of benzene rings is 1. The highest BCUT2D eigenvalue weighted by atomic mass is 16.3. The van der Waals surface area contributed by atoms with Crippen molar-refractivity contribution in [3.05, 3.63) is 54.0 Å². The highest BCUT2D eigenvalue weighted by molar-refractivity contribution is 6.10. The summed E-state index contributed by atoms with van der Waals surface area (Å²) in [4.78, 5) is 14.7. The van der Waals surface area contributed by atoms with Crippen LogP contribution in [0.1, 0.15) is 16.1 Å². The number of furan rings is 1. The zero-order valence-corrected chi connectivity index (χ0v) is 10.6. The van der Waals surface area contributed by atoms with Crippen LogP contribution in [-0.4, -0.2) is 32.0 Å². The van der Waals surface area contributed by atoms with Crippen LogP contribution >= 0.6 is 0 Å². The molecule has 1 aromatic carbocycles. The molecule has 0 spiro atoms. The van der Waals surface area contributed by atoms with Crippen molar-refractivity contribution in [1.29, 1.82) is 0 Å². The maximum Gasteiger partial charge on any atom is 0.230 e. The van der Waals surface area contributed by atoms with E-state index >= 15 is 0 Å². The van der Waals surface area contributed by atoms with Crippen LogP contribution in [0.15, 0.2) is 47.1 Å². The number of nitrogens with one attached hydrogen (secondary N) is 1. The Balaban J connectivity index is 1.95. The molecule has 2 aromatic rings. The van der Waals surface area contributed by atoms with Gasteiger partial charge in [0.1, 0.15) is 0 Å². The molecule has 4 nitrogen and oxygen atoms in total. The lowest BCUT2D eigenvalue weighted by molar-refractivity contribution is 0.101. The Hall–Kier alpha value is -2.07. The van der Waals surface area contributed by atoms with Crippen molar-refractivity contribution >= 4 is 11.5 Å². The first-order chi connectivity index (χ1) is 9.36. The topological polar surface area (TPSA) is 45.5 Å². The van der Waals surface area contributed by atoms with Gasteiger partial charge in [-0.05, 0) is 24.3 Å². The Morgan fingerprint density at radius 2 is 1.89 bits per heavy atom. The summed E-state index contributed by atoms with van der Waals surface area (Å²) in [6.45, 7) is 3.73. The molecule has 1 aromatic heterocycles. The third-order valence-corrected chi connectivity index (χ3v) is 3.35. The summed E-state index contributed by atoms with van der Waals surface area (Å²) < 4.78 is 5.21. The van der Waals surface area contributed by atoms with Crippen LogP contribution in [0.25, 0.3) is 0 Å². The minimum absolute atomic E-state index is 0.0564. The second kappa shape index (κ2) is 5.28. The second-order valence-electron chi connectivity index (χ2n) is 4.56. The number of carbonyl (C=O) groups excluding carboxylic acids is 1. The molecule has 98 valence electrons. The van der Waals surface area contributed by atoms with E-state index in [1.807, 2.05) is 24.3 Å². The van der Waals surface area contributed by atoms with Gasteiger partial charge in [-0.25, -0.2) is 0 Å².